The van der Waals surface area contributed by atoms with Crippen molar-refractivity contribution in [1.29, 1.82) is 0 Å². The number of carbonyl (C=O) groups is 2. The van der Waals surface area contributed by atoms with Crippen molar-refractivity contribution in [2.75, 3.05) is 25.0 Å². The molecule has 0 saturated carbocycles. The summed E-state index contributed by atoms with van der Waals surface area (Å²) >= 11 is 0. The van der Waals surface area contributed by atoms with E-state index in [4.69, 9.17) is 0 Å². The molecule has 2 aliphatic heterocycles. The van der Waals surface area contributed by atoms with Crippen LogP contribution in [0.15, 0.2) is 42.0 Å². The Hall–Kier alpha value is -2.95. The summed E-state index contributed by atoms with van der Waals surface area (Å²) in [5.74, 6) is 0.842. The molecule has 0 bridgehead atoms. The number of hydrogen-bond acceptors (Lipinski definition) is 3. The van der Waals surface area contributed by atoms with Crippen molar-refractivity contribution in [3.05, 3.63) is 58.9 Å². The highest BCUT2D eigenvalue weighted by Gasteiger charge is 2.24. The van der Waals surface area contributed by atoms with Gasteiger partial charge >= 0.3 is 0 Å². The van der Waals surface area contributed by atoms with E-state index >= 15 is 0 Å². The number of rotatable bonds is 8. The van der Waals surface area contributed by atoms with E-state index in [-0.39, 0.29) is 17.5 Å². The van der Waals surface area contributed by atoms with Gasteiger partial charge in [-0.3, -0.25) is 9.59 Å². The molecule has 0 atom stereocenters. The van der Waals surface area contributed by atoms with Crippen LogP contribution in [0.25, 0.3) is 16.7 Å². The molecule has 0 radical (unpaired) electrons. The number of amides is 1. The monoisotopic (exact) mass is 476 g/mol. The molecule has 2 aromatic rings. The Morgan fingerprint density at radius 1 is 1.09 bits per heavy atom. The zero-order chi connectivity index (χ0) is 24.9. The van der Waals surface area contributed by atoms with Gasteiger partial charge in [-0.25, -0.2) is 4.39 Å². The minimum atomic E-state index is -0.184. The lowest BCUT2D eigenvalue weighted by Gasteiger charge is -2.31. The van der Waals surface area contributed by atoms with Gasteiger partial charge in [-0.2, -0.15) is 0 Å². The van der Waals surface area contributed by atoms with Gasteiger partial charge in [0.25, 0.3) is 0 Å². The van der Waals surface area contributed by atoms with E-state index in [0.717, 1.165) is 78.7 Å². The second kappa shape index (κ2) is 11.2. The second-order valence-corrected chi connectivity index (χ2v) is 10.0. The predicted molar refractivity (Wildman–Crippen MR) is 141 cm³/mol. The van der Waals surface area contributed by atoms with Crippen molar-refractivity contribution < 1.29 is 14.0 Å². The number of Topliss-reactive ketones (excluding diaryl/α,β-unsaturated/α-hetero) is 1. The van der Waals surface area contributed by atoms with E-state index in [1.165, 1.54) is 6.07 Å². The van der Waals surface area contributed by atoms with Crippen LogP contribution in [-0.2, 0) is 16.0 Å². The molecular weight excluding hydrogens is 439 g/mol. The molecule has 186 valence electrons. The first-order valence-corrected chi connectivity index (χ1v) is 13.0. The first kappa shape index (κ1) is 25.2. The highest BCUT2D eigenvalue weighted by Crippen LogP contribution is 2.37. The highest BCUT2D eigenvalue weighted by molar-refractivity contribution is 6.23. The number of unbranched alkanes of at least 4 members (excludes halogenated alkanes) is 1. The summed E-state index contributed by atoms with van der Waals surface area (Å²) in [5.41, 5.74) is 6.32. The number of piperidine rings is 1. The number of likely N-dealkylation sites (tertiary alicyclic amines) is 1. The standard InChI is InChI=1S/C30H37FN2O2/c1-4-24-25(9-7-10-27(24)31)23-12-13-28-26(18-23)30(20(2)19-32-28)29(35)11-6-5-8-22-14-16-33(17-15-22)21(3)34/h7,9-10,12-13,18,22,32H,4-6,8,11,14-17,19H2,1-3H3. The number of halogens is 1. The molecule has 0 spiro atoms. The second-order valence-electron chi connectivity index (χ2n) is 10.0. The molecule has 1 N–H and O–H groups in total. The normalized spacial score (nSPS) is 16.2. The Morgan fingerprint density at radius 3 is 2.57 bits per heavy atom. The molecule has 4 nitrogen and oxygen atoms in total. The molecule has 0 aliphatic carbocycles. The first-order chi connectivity index (χ1) is 16.9. The zero-order valence-corrected chi connectivity index (χ0v) is 21.3. The minimum absolute atomic E-state index is 0.173. The Balaban J connectivity index is 1.42. The van der Waals surface area contributed by atoms with Gasteiger partial charge in [-0.05, 0) is 79.0 Å². The Labute approximate surface area is 208 Å². The van der Waals surface area contributed by atoms with Crippen LogP contribution in [0.1, 0.15) is 70.4 Å². The van der Waals surface area contributed by atoms with Crippen LogP contribution in [0.5, 0.6) is 0 Å². The lowest BCUT2D eigenvalue weighted by Crippen LogP contribution is -2.36. The van der Waals surface area contributed by atoms with Gasteiger partial charge in [0.05, 0.1) is 0 Å². The van der Waals surface area contributed by atoms with Crippen LogP contribution >= 0.6 is 0 Å². The van der Waals surface area contributed by atoms with Gasteiger partial charge in [-0.15, -0.1) is 0 Å². The zero-order valence-electron chi connectivity index (χ0n) is 21.3. The van der Waals surface area contributed by atoms with E-state index in [0.29, 0.717) is 30.9 Å². The number of ketones is 1. The van der Waals surface area contributed by atoms with Gasteiger partial charge in [0.15, 0.2) is 5.78 Å². The van der Waals surface area contributed by atoms with Gasteiger partial charge in [-0.1, -0.05) is 38.0 Å². The fraction of sp³-hybridized carbons (Fsp3) is 0.467. The van der Waals surface area contributed by atoms with Crippen LogP contribution < -0.4 is 5.32 Å². The van der Waals surface area contributed by atoms with Crippen molar-refractivity contribution >= 4 is 23.0 Å². The average molecular weight is 477 g/mol. The fourth-order valence-electron chi connectivity index (χ4n) is 5.58. The topological polar surface area (TPSA) is 49.4 Å². The molecule has 1 amide bonds. The quantitative estimate of drug-likeness (QED) is 0.434. The predicted octanol–water partition coefficient (Wildman–Crippen LogP) is 6.64. The van der Waals surface area contributed by atoms with E-state index < -0.39 is 0 Å². The van der Waals surface area contributed by atoms with Crippen LogP contribution in [0.3, 0.4) is 0 Å². The Kier molecular flexibility index (Phi) is 8.04. The van der Waals surface area contributed by atoms with Crippen LogP contribution in [-0.4, -0.2) is 36.2 Å². The third-order valence-corrected chi connectivity index (χ3v) is 7.65. The molecule has 5 heteroatoms. The summed E-state index contributed by atoms with van der Waals surface area (Å²) in [4.78, 5) is 26.8. The van der Waals surface area contributed by atoms with Crippen molar-refractivity contribution in [2.24, 2.45) is 5.92 Å². The summed E-state index contributed by atoms with van der Waals surface area (Å²) in [6.45, 7) is 8.03. The summed E-state index contributed by atoms with van der Waals surface area (Å²) < 4.78 is 14.4. The van der Waals surface area contributed by atoms with Gasteiger partial charge < -0.3 is 10.2 Å². The SMILES string of the molecule is CCc1c(F)cccc1-c1ccc2c(c1)C(C(=O)CCCCC1CCN(C(C)=O)CC1)=C(C)CN2. The van der Waals surface area contributed by atoms with E-state index in [1.54, 1.807) is 13.0 Å². The summed E-state index contributed by atoms with van der Waals surface area (Å²) in [6.07, 6.45) is 6.35. The summed E-state index contributed by atoms with van der Waals surface area (Å²) in [7, 11) is 0. The molecule has 2 aromatic carbocycles. The molecule has 35 heavy (non-hydrogen) atoms. The minimum Gasteiger partial charge on any atom is -0.381 e. The lowest BCUT2D eigenvalue weighted by molar-refractivity contribution is -0.130. The van der Waals surface area contributed by atoms with Gasteiger partial charge in [0.1, 0.15) is 5.82 Å². The molecular formula is C30H37FN2O2. The largest absolute Gasteiger partial charge is 0.381 e. The number of fused-ring (bicyclic) bond motifs is 1. The van der Waals surface area contributed by atoms with Crippen LogP contribution in [0.2, 0.25) is 0 Å². The number of nitrogens with zero attached hydrogens (tertiary/aromatic N) is 1. The number of anilines is 1. The molecule has 2 aliphatic rings. The Morgan fingerprint density at radius 2 is 1.86 bits per heavy atom. The van der Waals surface area contributed by atoms with Gasteiger partial charge in [0, 0.05) is 49.8 Å². The maximum atomic E-state index is 14.4. The average Bonchev–Trinajstić information content (AvgIpc) is 2.86. The van der Waals surface area contributed by atoms with Crippen molar-refractivity contribution in [3.63, 3.8) is 0 Å². The van der Waals surface area contributed by atoms with Gasteiger partial charge in [0.2, 0.25) is 5.91 Å². The lowest BCUT2D eigenvalue weighted by atomic mass is 9.86. The van der Waals surface area contributed by atoms with Crippen molar-refractivity contribution in [2.45, 2.75) is 65.7 Å². The van der Waals surface area contributed by atoms with E-state index in [1.807, 2.05) is 36.9 Å². The Bertz CT molecular complexity index is 1130. The number of hydrogen-bond donors (Lipinski definition) is 1. The summed E-state index contributed by atoms with van der Waals surface area (Å²) in [6, 6.07) is 11.3. The molecule has 1 saturated heterocycles. The number of nitrogens with one attached hydrogen (secondary N) is 1. The molecule has 2 heterocycles. The summed E-state index contributed by atoms with van der Waals surface area (Å²) in [5, 5.41) is 3.43. The fourth-order valence-corrected chi connectivity index (χ4v) is 5.58. The van der Waals surface area contributed by atoms with E-state index in [2.05, 4.69) is 11.4 Å². The number of carbonyl (C=O) groups excluding carboxylic acids is 2. The maximum absolute atomic E-state index is 14.4. The smallest absolute Gasteiger partial charge is 0.219 e. The molecule has 1 fully saturated rings. The van der Waals surface area contributed by atoms with Crippen LogP contribution in [0.4, 0.5) is 10.1 Å². The number of benzene rings is 2. The maximum Gasteiger partial charge on any atom is 0.219 e. The highest BCUT2D eigenvalue weighted by atomic mass is 19.1. The third kappa shape index (κ3) is 5.66. The third-order valence-electron chi connectivity index (χ3n) is 7.65. The van der Waals surface area contributed by atoms with Crippen LogP contribution in [0, 0.1) is 11.7 Å². The van der Waals surface area contributed by atoms with Crippen molar-refractivity contribution in [1.82, 2.24) is 4.90 Å². The van der Waals surface area contributed by atoms with Crippen molar-refractivity contribution in [3.8, 4) is 11.1 Å². The molecule has 0 unspecified atom stereocenters. The number of allylic oxidation sites excluding steroid dienone is 1. The first-order valence-electron chi connectivity index (χ1n) is 13.0. The molecule has 4 rings (SSSR count). The van der Waals surface area contributed by atoms with E-state index in [9.17, 15) is 14.0 Å². The molecule has 0 aromatic heterocycles.